The second-order valence-electron chi connectivity index (χ2n) is 3.33. The highest BCUT2D eigenvalue weighted by Gasteiger charge is 2.10. The average Bonchev–Trinajstić information content (AvgIpc) is 2.53. The Bertz CT molecular complexity index is 458. The van der Waals surface area contributed by atoms with Gasteiger partial charge in [0.25, 0.3) is 0 Å². The van der Waals surface area contributed by atoms with Crippen molar-refractivity contribution in [1.82, 2.24) is 10.2 Å². The van der Waals surface area contributed by atoms with Crippen molar-refractivity contribution in [3.63, 3.8) is 0 Å². The summed E-state index contributed by atoms with van der Waals surface area (Å²) in [6.45, 7) is 3.72. The fourth-order valence-electron chi connectivity index (χ4n) is 1.34. The van der Waals surface area contributed by atoms with Crippen molar-refractivity contribution in [2.45, 2.75) is 13.8 Å². The first-order valence-corrected chi connectivity index (χ1v) is 4.66. The van der Waals surface area contributed by atoms with Crippen molar-refractivity contribution in [2.24, 2.45) is 0 Å². The van der Waals surface area contributed by atoms with Crippen LogP contribution in [0.15, 0.2) is 24.3 Å². The number of benzene rings is 1. The maximum absolute atomic E-state index is 9.54. The molecule has 4 heteroatoms. The van der Waals surface area contributed by atoms with Gasteiger partial charge in [-0.15, -0.1) is 0 Å². The summed E-state index contributed by atoms with van der Waals surface area (Å²) in [5, 5.41) is 16.4. The van der Waals surface area contributed by atoms with E-state index in [2.05, 4.69) is 10.2 Å². The number of aryl methyl sites for hydroxylation is 2. The lowest BCUT2D eigenvalue weighted by molar-refractivity contribution is 0.408. The molecule has 0 saturated heterocycles. The van der Waals surface area contributed by atoms with Crippen LogP contribution in [0.2, 0.25) is 0 Å². The van der Waals surface area contributed by atoms with Gasteiger partial charge in [0.1, 0.15) is 5.69 Å². The zero-order valence-corrected chi connectivity index (χ0v) is 8.61. The molecule has 1 heterocycles. The van der Waals surface area contributed by atoms with Crippen molar-refractivity contribution < 1.29 is 9.84 Å². The molecular weight excluding hydrogens is 192 g/mol. The molecule has 0 aliphatic carbocycles. The molecule has 0 aliphatic rings. The third kappa shape index (κ3) is 1.79. The van der Waals surface area contributed by atoms with E-state index >= 15 is 0 Å². The molecule has 0 bridgehead atoms. The number of nitrogens with one attached hydrogen (secondary N) is 1. The highest BCUT2D eigenvalue weighted by atomic mass is 16.5. The molecule has 1 aromatic heterocycles. The molecule has 0 radical (unpaired) electrons. The number of phenolic OH excluding ortho intramolecular Hbond substituents is 1. The van der Waals surface area contributed by atoms with Gasteiger partial charge in [-0.25, -0.2) is 0 Å². The molecule has 0 spiro atoms. The molecule has 0 atom stereocenters. The molecule has 78 valence electrons. The zero-order valence-electron chi connectivity index (χ0n) is 8.61. The van der Waals surface area contributed by atoms with Gasteiger partial charge in [-0.3, -0.25) is 5.10 Å². The number of H-pyrrole nitrogens is 1. The lowest BCUT2D eigenvalue weighted by atomic mass is 10.3. The standard InChI is InChI=1S/C11H12N2O2/c1-7-11(8(2)13-12-7)15-10-6-4-3-5-9(10)14/h3-6,14H,1-2H3,(H,12,13). The normalized spacial score (nSPS) is 10.3. The van der Waals surface area contributed by atoms with Crippen LogP contribution in [0.5, 0.6) is 17.2 Å². The fourth-order valence-corrected chi connectivity index (χ4v) is 1.34. The smallest absolute Gasteiger partial charge is 0.171 e. The van der Waals surface area contributed by atoms with Crippen LogP contribution in [0, 0.1) is 13.8 Å². The molecular formula is C11H12N2O2. The average molecular weight is 204 g/mol. The van der Waals surface area contributed by atoms with E-state index in [1.54, 1.807) is 24.3 Å². The van der Waals surface area contributed by atoms with Crippen LogP contribution in [-0.2, 0) is 0 Å². The van der Waals surface area contributed by atoms with Crippen molar-refractivity contribution in [2.75, 3.05) is 0 Å². The predicted molar refractivity (Wildman–Crippen MR) is 56.2 cm³/mol. The topological polar surface area (TPSA) is 58.1 Å². The Morgan fingerprint density at radius 2 is 2.00 bits per heavy atom. The van der Waals surface area contributed by atoms with E-state index in [1.165, 1.54) is 0 Å². The van der Waals surface area contributed by atoms with Gasteiger partial charge in [0.05, 0.1) is 5.69 Å². The number of nitrogens with zero attached hydrogens (tertiary/aromatic N) is 1. The molecule has 2 N–H and O–H groups in total. The van der Waals surface area contributed by atoms with E-state index in [0.29, 0.717) is 11.5 Å². The van der Waals surface area contributed by atoms with Gasteiger partial charge in [-0.1, -0.05) is 12.1 Å². The summed E-state index contributed by atoms with van der Waals surface area (Å²) in [6, 6.07) is 6.85. The van der Waals surface area contributed by atoms with Crippen LogP contribution >= 0.6 is 0 Å². The number of phenols is 1. The van der Waals surface area contributed by atoms with Gasteiger partial charge in [0.15, 0.2) is 17.2 Å². The number of hydrogen-bond donors (Lipinski definition) is 2. The molecule has 1 aromatic carbocycles. The number of aromatic hydroxyl groups is 1. The van der Waals surface area contributed by atoms with Gasteiger partial charge in [-0.2, -0.15) is 5.10 Å². The summed E-state index contributed by atoms with van der Waals surface area (Å²) in [5.74, 6) is 1.22. The maximum atomic E-state index is 9.54. The Labute approximate surface area is 87.5 Å². The molecule has 4 nitrogen and oxygen atoms in total. The number of rotatable bonds is 2. The van der Waals surface area contributed by atoms with Crippen LogP contribution < -0.4 is 4.74 Å². The SMILES string of the molecule is Cc1n[nH]c(C)c1Oc1ccccc1O. The Morgan fingerprint density at radius 1 is 1.27 bits per heavy atom. The Kier molecular flexibility index (Phi) is 2.33. The largest absolute Gasteiger partial charge is 0.504 e. The quantitative estimate of drug-likeness (QED) is 0.790. The van der Waals surface area contributed by atoms with Gasteiger partial charge < -0.3 is 9.84 Å². The third-order valence-corrected chi connectivity index (χ3v) is 2.14. The number of para-hydroxylation sites is 2. The lowest BCUT2D eigenvalue weighted by Gasteiger charge is -2.06. The zero-order chi connectivity index (χ0) is 10.8. The minimum atomic E-state index is 0.123. The van der Waals surface area contributed by atoms with Crippen LogP contribution in [0.25, 0.3) is 0 Å². The first kappa shape index (κ1) is 9.58. The molecule has 0 fully saturated rings. The predicted octanol–water partition coefficient (Wildman–Crippen LogP) is 2.52. The summed E-state index contributed by atoms with van der Waals surface area (Å²) < 4.78 is 5.57. The van der Waals surface area contributed by atoms with Gasteiger partial charge >= 0.3 is 0 Å². The molecule has 0 amide bonds. The van der Waals surface area contributed by atoms with E-state index in [1.807, 2.05) is 13.8 Å². The monoisotopic (exact) mass is 204 g/mol. The Balaban J connectivity index is 2.34. The molecule has 0 aliphatic heterocycles. The first-order chi connectivity index (χ1) is 7.18. The molecule has 15 heavy (non-hydrogen) atoms. The summed E-state index contributed by atoms with van der Waals surface area (Å²) >= 11 is 0. The first-order valence-electron chi connectivity index (χ1n) is 4.66. The van der Waals surface area contributed by atoms with Crippen molar-refractivity contribution in [3.05, 3.63) is 35.7 Å². The highest BCUT2D eigenvalue weighted by molar-refractivity contribution is 5.43. The minimum Gasteiger partial charge on any atom is -0.504 e. The number of aromatic amines is 1. The second kappa shape index (κ2) is 3.65. The van der Waals surface area contributed by atoms with E-state index in [4.69, 9.17) is 4.74 Å². The Morgan fingerprint density at radius 3 is 2.60 bits per heavy atom. The Hall–Kier alpha value is -1.97. The summed E-state index contributed by atoms with van der Waals surface area (Å²) in [4.78, 5) is 0. The van der Waals surface area contributed by atoms with E-state index in [9.17, 15) is 5.11 Å². The van der Waals surface area contributed by atoms with Crippen molar-refractivity contribution in [1.29, 1.82) is 0 Å². The van der Waals surface area contributed by atoms with Crippen LogP contribution in [0.3, 0.4) is 0 Å². The summed E-state index contributed by atoms with van der Waals surface area (Å²) in [6.07, 6.45) is 0. The molecule has 0 saturated carbocycles. The van der Waals surface area contributed by atoms with E-state index in [-0.39, 0.29) is 5.75 Å². The minimum absolute atomic E-state index is 0.123. The number of aromatic nitrogens is 2. The van der Waals surface area contributed by atoms with Crippen LogP contribution in [0.4, 0.5) is 0 Å². The van der Waals surface area contributed by atoms with Gasteiger partial charge in [-0.05, 0) is 26.0 Å². The summed E-state index contributed by atoms with van der Waals surface area (Å²) in [5.41, 5.74) is 1.62. The number of hydrogen-bond acceptors (Lipinski definition) is 3. The highest BCUT2D eigenvalue weighted by Crippen LogP contribution is 2.32. The third-order valence-electron chi connectivity index (χ3n) is 2.14. The molecule has 2 aromatic rings. The van der Waals surface area contributed by atoms with Gasteiger partial charge in [0.2, 0.25) is 0 Å². The summed E-state index contributed by atoms with van der Waals surface area (Å²) in [7, 11) is 0. The molecule has 0 unspecified atom stereocenters. The fraction of sp³-hybridized carbons (Fsp3) is 0.182. The van der Waals surface area contributed by atoms with Crippen molar-refractivity contribution >= 4 is 0 Å². The van der Waals surface area contributed by atoms with Crippen molar-refractivity contribution in [3.8, 4) is 17.2 Å². The van der Waals surface area contributed by atoms with Crippen LogP contribution in [0.1, 0.15) is 11.4 Å². The van der Waals surface area contributed by atoms with Gasteiger partial charge in [0, 0.05) is 0 Å². The molecule has 2 rings (SSSR count). The van der Waals surface area contributed by atoms with Crippen LogP contribution in [-0.4, -0.2) is 15.3 Å². The van der Waals surface area contributed by atoms with E-state index < -0.39 is 0 Å². The number of ether oxygens (including phenoxy) is 1. The maximum Gasteiger partial charge on any atom is 0.171 e. The lowest BCUT2D eigenvalue weighted by Crippen LogP contribution is -1.87. The van der Waals surface area contributed by atoms with E-state index in [0.717, 1.165) is 11.4 Å². The second-order valence-corrected chi connectivity index (χ2v) is 3.33.